The maximum Gasteiger partial charge on any atom is 0.336 e. The Morgan fingerprint density at radius 3 is 2.47 bits per heavy atom. The fraction of sp³-hybridized carbons (Fsp3) is 0.361. The van der Waals surface area contributed by atoms with Gasteiger partial charge in [0.2, 0.25) is 17.8 Å². The maximum atomic E-state index is 14.7. The van der Waals surface area contributed by atoms with Gasteiger partial charge in [-0.1, -0.05) is 6.07 Å². The van der Waals surface area contributed by atoms with E-state index in [2.05, 4.69) is 30.4 Å². The van der Waals surface area contributed by atoms with Crippen LogP contribution in [0.3, 0.4) is 0 Å². The second-order valence-corrected chi connectivity index (χ2v) is 13.4. The summed E-state index contributed by atoms with van der Waals surface area (Å²) in [7, 11) is 0. The molecule has 4 aromatic rings. The van der Waals surface area contributed by atoms with Crippen LogP contribution in [0.1, 0.15) is 46.4 Å². The Bertz CT molecular complexity index is 2120. The Balaban J connectivity index is 0.856. The third-order valence-corrected chi connectivity index (χ3v) is 10.2. The number of fused-ring (bicyclic) bond motifs is 2. The SMILES string of the molecule is O=C1CCC(N2C(=O)c3cccc(N4CCC(CN5CCN(c6ncc(F)c(Nc7ccc8oc(=O)ccc8c7)n6)CC5)CC4)c3C2=O)C(=O)N1. The second kappa shape index (κ2) is 13.2. The number of nitrogens with one attached hydrogen (secondary N) is 2. The Labute approximate surface area is 291 Å². The number of hydrogen-bond donors (Lipinski definition) is 2. The van der Waals surface area contributed by atoms with Gasteiger partial charge in [0.25, 0.3) is 11.8 Å². The number of hydrogen-bond acceptors (Lipinski definition) is 12. The standard InChI is InChI=1S/C36H35FN8O6/c37-25-19-38-36(41-32(25)39-23-5-7-28-22(18-23)4-9-30(47)51-28)44-16-14-42(15-17-44)20-21-10-12-43(13-11-21)26-3-1-2-24-31(26)35(50)45(34(24)49)27-6-8-29(46)40-33(27)48/h1-5,7,9,18-19,21,27H,6,8,10-17,20H2,(H,38,39,41)(H,40,46,48). The minimum Gasteiger partial charge on any atom is -0.423 e. The first-order valence-corrected chi connectivity index (χ1v) is 17.1. The average molecular weight is 695 g/mol. The zero-order chi connectivity index (χ0) is 35.2. The van der Waals surface area contributed by atoms with Crippen LogP contribution in [0.4, 0.5) is 27.5 Å². The molecule has 2 aromatic carbocycles. The Hall–Kier alpha value is -5.70. The molecular formula is C36H35FN8O6. The zero-order valence-corrected chi connectivity index (χ0v) is 27.6. The van der Waals surface area contributed by atoms with Gasteiger partial charge in [0, 0.05) is 69.4 Å². The van der Waals surface area contributed by atoms with Gasteiger partial charge in [0.05, 0.1) is 23.0 Å². The van der Waals surface area contributed by atoms with Gasteiger partial charge in [-0.05, 0) is 61.6 Å². The molecule has 0 aliphatic carbocycles. The van der Waals surface area contributed by atoms with Crippen LogP contribution in [0.2, 0.25) is 0 Å². The summed E-state index contributed by atoms with van der Waals surface area (Å²) in [5.41, 5.74) is 1.92. The van der Waals surface area contributed by atoms with Crippen LogP contribution >= 0.6 is 0 Å². The first kappa shape index (κ1) is 32.5. The monoisotopic (exact) mass is 694 g/mol. The number of carbonyl (C=O) groups excluding carboxylic acids is 4. The van der Waals surface area contributed by atoms with E-state index in [0.29, 0.717) is 58.4 Å². The molecule has 1 unspecified atom stereocenters. The van der Waals surface area contributed by atoms with E-state index < -0.39 is 41.1 Å². The van der Waals surface area contributed by atoms with Crippen LogP contribution in [-0.2, 0) is 9.59 Å². The van der Waals surface area contributed by atoms with E-state index >= 15 is 0 Å². The van der Waals surface area contributed by atoms with Gasteiger partial charge in [-0.25, -0.2) is 14.2 Å². The molecule has 6 heterocycles. The minimum atomic E-state index is -0.995. The summed E-state index contributed by atoms with van der Waals surface area (Å²) in [5, 5.41) is 5.97. The number of anilines is 4. The highest BCUT2D eigenvalue weighted by Crippen LogP contribution is 2.36. The molecule has 4 aliphatic rings. The number of piperidine rings is 2. The predicted octanol–water partition coefficient (Wildman–Crippen LogP) is 2.91. The summed E-state index contributed by atoms with van der Waals surface area (Å²) >= 11 is 0. The fourth-order valence-electron chi connectivity index (χ4n) is 7.50. The largest absolute Gasteiger partial charge is 0.423 e. The Morgan fingerprint density at radius 2 is 1.69 bits per heavy atom. The number of benzene rings is 2. The van der Waals surface area contributed by atoms with Crippen molar-refractivity contribution in [1.29, 1.82) is 0 Å². The van der Waals surface area contributed by atoms with Gasteiger partial charge in [0.1, 0.15) is 11.6 Å². The first-order chi connectivity index (χ1) is 24.7. The molecule has 4 aliphatic heterocycles. The number of rotatable bonds is 7. The minimum absolute atomic E-state index is 0.0599. The van der Waals surface area contributed by atoms with Crippen LogP contribution in [0.5, 0.6) is 0 Å². The summed E-state index contributed by atoms with van der Waals surface area (Å²) in [6.45, 7) is 5.37. The van der Waals surface area contributed by atoms with Crippen LogP contribution in [0.25, 0.3) is 11.0 Å². The van der Waals surface area contributed by atoms with E-state index in [-0.39, 0.29) is 18.7 Å². The van der Waals surface area contributed by atoms with Crippen molar-refractivity contribution in [2.45, 2.75) is 31.7 Å². The molecule has 14 nitrogen and oxygen atoms in total. The molecule has 262 valence electrons. The van der Waals surface area contributed by atoms with Crippen molar-refractivity contribution in [3.05, 3.63) is 82.1 Å². The zero-order valence-electron chi connectivity index (χ0n) is 27.6. The number of halogens is 1. The fourth-order valence-corrected chi connectivity index (χ4v) is 7.50. The van der Waals surface area contributed by atoms with Gasteiger partial charge < -0.3 is 19.5 Å². The van der Waals surface area contributed by atoms with E-state index in [0.717, 1.165) is 50.5 Å². The second-order valence-electron chi connectivity index (χ2n) is 13.4. The van der Waals surface area contributed by atoms with E-state index in [1.165, 1.54) is 12.3 Å². The molecule has 15 heteroatoms. The molecule has 1 atom stereocenters. The predicted molar refractivity (Wildman–Crippen MR) is 184 cm³/mol. The van der Waals surface area contributed by atoms with Gasteiger partial charge in [-0.2, -0.15) is 4.98 Å². The number of aromatic nitrogens is 2. The van der Waals surface area contributed by atoms with Crippen LogP contribution in [0.15, 0.2) is 63.9 Å². The number of nitrogens with zero attached hydrogens (tertiary/aromatic N) is 6. The summed E-state index contributed by atoms with van der Waals surface area (Å²) in [4.78, 5) is 78.9. The van der Waals surface area contributed by atoms with Crippen LogP contribution in [-0.4, -0.2) is 95.3 Å². The summed E-state index contributed by atoms with van der Waals surface area (Å²) < 4.78 is 19.9. The highest BCUT2D eigenvalue weighted by Gasteiger charge is 2.46. The van der Waals surface area contributed by atoms with Crippen molar-refractivity contribution in [1.82, 2.24) is 25.1 Å². The van der Waals surface area contributed by atoms with Crippen molar-refractivity contribution >= 4 is 57.7 Å². The lowest BCUT2D eigenvalue weighted by Crippen LogP contribution is -2.54. The van der Waals surface area contributed by atoms with Crippen molar-refractivity contribution in [2.24, 2.45) is 5.92 Å². The number of amides is 4. The quantitative estimate of drug-likeness (QED) is 0.215. The highest BCUT2D eigenvalue weighted by atomic mass is 19.1. The molecule has 8 rings (SSSR count). The molecular weight excluding hydrogens is 659 g/mol. The molecule has 0 saturated carbocycles. The normalized spacial score (nSPS) is 20.3. The lowest BCUT2D eigenvalue weighted by molar-refractivity contribution is -0.136. The van der Waals surface area contributed by atoms with Crippen molar-refractivity contribution in [2.75, 3.05) is 60.9 Å². The molecule has 51 heavy (non-hydrogen) atoms. The van der Waals surface area contributed by atoms with Gasteiger partial charge in [-0.15, -0.1) is 0 Å². The van der Waals surface area contributed by atoms with Crippen molar-refractivity contribution in [3.8, 4) is 0 Å². The molecule has 0 bridgehead atoms. The third kappa shape index (κ3) is 6.29. The number of imide groups is 2. The maximum absolute atomic E-state index is 14.7. The van der Waals surface area contributed by atoms with E-state index in [9.17, 15) is 28.4 Å². The highest BCUT2D eigenvalue weighted by molar-refractivity contribution is 6.25. The van der Waals surface area contributed by atoms with Gasteiger partial charge in [-0.3, -0.25) is 34.3 Å². The molecule has 2 N–H and O–H groups in total. The molecule has 2 aromatic heterocycles. The lowest BCUT2D eigenvalue weighted by atomic mass is 9.94. The third-order valence-electron chi connectivity index (χ3n) is 10.2. The van der Waals surface area contributed by atoms with Crippen LogP contribution in [0, 0.1) is 11.7 Å². The van der Waals surface area contributed by atoms with E-state index in [1.807, 2.05) is 11.0 Å². The van der Waals surface area contributed by atoms with Gasteiger partial charge in [0.15, 0.2) is 11.6 Å². The molecule has 4 amide bonds. The Morgan fingerprint density at radius 1 is 0.882 bits per heavy atom. The molecule has 0 spiro atoms. The number of piperazine rings is 1. The summed E-state index contributed by atoms with van der Waals surface area (Å²) in [5.74, 6) is -1.63. The molecule has 3 saturated heterocycles. The first-order valence-electron chi connectivity index (χ1n) is 17.1. The van der Waals surface area contributed by atoms with Crippen LogP contribution < -0.4 is 26.1 Å². The summed E-state index contributed by atoms with van der Waals surface area (Å²) in [6, 6.07) is 12.3. The van der Waals surface area contributed by atoms with Crippen molar-refractivity contribution in [3.63, 3.8) is 0 Å². The van der Waals surface area contributed by atoms with Gasteiger partial charge >= 0.3 is 5.63 Å². The Kier molecular flexibility index (Phi) is 8.42. The summed E-state index contributed by atoms with van der Waals surface area (Å²) in [6.07, 6.45) is 3.20. The van der Waals surface area contributed by atoms with Crippen molar-refractivity contribution < 1.29 is 28.0 Å². The average Bonchev–Trinajstić information content (AvgIpc) is 3.39. The number of carbonyl (C=O) groups is 4. The topological polar surface area (TPSA) is 161 Å². The molecule has 3 fully saturated rings. The molecule has 0 radical (unpaired) electrons. The lowest BCUT2D eigenvalue weighted by Gasteiger charge is -2.39. The smallest absolute Gasteiger partial charge is 0.336 e. The van der Waals surface area contributed by atoms with E-state index in [4.69, 9.17) is 4.42 Å². The van der Waals surface area contributed by atoms with E-state index in [1.54, 1.807) is 36.4 Å².